The Bertz CT molecular complexity index is 436. The molecule has 1 heterocycles. The first-order chi connectivity index (χ1) is 9.20. The number of amides is 1. The van der Waals surface area contributed by atoms with Gasteiger partial charge in [-0.05, 0) is 38.2 Å². The number of hydrogen-bond donors (Lipinski definition) is 1. The van der Waals surface area contributed by atoms with Crippen LogP contribution in [-0.2, 0) is 11.2 Å². The quantitative estimate of drug-likeness (QED) is 0.928. The van der Waals surface area contributed by atoms with Gasteiger partial charge in [-0.1, -0.05) is 29.8 Å². The van der Waals surface area contributed by atoms with Crippen molar-refractivity contribution in [2.24, 2.45) is 5.73 Å². The molecule has 1 fully saturated rings. The molecule has 112 valence electrons. The molecule has 1 aliphatic rings. The molecule has 0 aliphatic carbocycles. The summed E-state index contributed by atoms with van der Waals surface area (Å²) in [7, 11) is 0. The maximum atomic E-state index is 12.3. The highest BCUT2D eigenvalue weighted by Crippen LogP contribution is 2.18. The van der Waals surface area contributed by atoms with Crippen LogP contribution < -0.4 is 5.73 Å². The van der Waals surface area contributed by atoms with E-state index < -0.39 is 0 Å². The number of aryl methyl sites for hydroxylation is 2. The van der Waals surface area contributed by atoms with E-state index in [0.29, 0.717) is 13.0 Å². The average Bonchev–Trinajstić information content (AvgIpc) is 2.45. The fourth-order valence-corrected chi connectivity index (χ4v) is 2.84. The second-order valence-electron chi connectivity index (χ2n) is 5.46. The first kappa shape index (κ1) is 17.0. The summed E-state index contributed by atoms with van der Waals surface area (Å²) in [5, 5.41) is 0. The zero-order valence-electron chi connectivity index (χ0n) is 12.2. The van der Waals surface area contributed by atoms with E-state index >= 15 is 0 Å². The summed E-state index contributed by atoms with van der Waals surface area (Å²) in [6, 6.07) is 8.65. The van der Waals surface area contributed by atoms with E-state index in [1.807, 2.05) is 4.90 Å². The zero-order valence-corrected chi connectivity index (χ0v) is 13.0. The molecule has 20 heavy (non-hydrogen) atoms. The highest BCUT2D eigenvalue weighted by molar-refractivity contribution is 5.85. The molecule has 2 rings (SSSR count). The normalized spacial score (nSPS) is 18.5. The van der Waals surface area contributed by atoms with Crippen LogP contribution in [0.2, 0.25) is 0 Å². The summed E-state index contributed by atoms with van der Waals surface area (Å²) in [6.45, 7) is 3.56. The number of nitrogens with two attached hydrogens (primary N) is 1. The molecule has 1 saturated heterocycles. The van der Waals surface area contributed by atoms with Crippen molar-refractivity contribution in [3.8, 4) is 0 Å². The molecular weight excluding hydrogens is 272 g/mol. The molecule has 0 radical (unpaired) electrons. The van der Waals surface area contributed by atoms with Crippen LogP contribution in [0.15, 0.2) is 24.3 Å². The number of carbonyl (C=O) groups is 1. The Labute approximate surface area is 127 Å². The van der Waals surface area contributed by atoms with Crippen molar-refractivity contribution < 1.29 is 4.79 Å². The fraction of sp³-hybridized carbons (Fsp3) is 0.562. The molecule has 1 aromatic rings. The molecule has 0 bridgehead atoms. The Morgan fingerprint density at radius 2 is 2.20 bits per heavy atom. The second kappa shape index (κ2) is 8.28. The molecule has 0 saturated carbocycles. The van der Waals surface area contributed by atoms with E-state index in [1.54, 1.807) is 0 Å². The first-order valence-corrected chi connectivity index (χ1v) is 7.26. The number of rotatable bonds is 4. The third-order valence-corrected chi connectivity index (χ3v) is 3.93. The van der Waals surface area contributed by atoms with Crippen molar-refractivity contribution in [1.82, 2.24) is 4.90 Å². The number of carbonyl (C=O) groups excluding carboxylic acids is 1. The molecule has 1 aliphatic heterocycles. The lowest BCUT2D eigenvalue weighted by molar-refractivity contribution is -0.134. The molecule has 2 N–H and O–H groups in total. The Hall–Kier alpha value is -1.06. The molecule has 1 amide bonds. The molecule has 3 nitrogen and oxygen atoms in total. The number of benzene rings is 1. The van der Waals surface area contributed by atoms with E-state index in [1.165, 1.54) is 17.5 Å². The van der Waals surface area contributed by atoms with Crippen molar-refractivity contribution in [3.05, 3.63) is 35.4 Å². The third-order valence-electron chi connectivity index (χ3n) is 3.93. The largest absolute Gasteiger partial charge is 0.338 e. The van der Waals surface area contributed by atoms with Crippen LogP contribution >= 0.6 is 12.4 Å². The topological polar surface area (TPSA) is 46.3 Å². The van der Waals surface area contributed by atoms with Crippen molar-refractivity contribution in [1.29, 1.82) is 0 Å². The molecule has 0 aromatic heterocycles. The fourth-order valence-electron chi connectivity index (χ4n) is 2.84. The van der Waals surface area contributed by atoms with Gasteiger partial charge >= 0.3 is 0 Å². The van der Waals surface area contributed by atoms with E-state index in [4.69, 9.17) is 5.73 Å². The predicted octanol–water partition coefficient (Wildman–Crippen LogP) is 2.69. The van der Waals surface area contributed by atoms with Gasteiger partial charge in [-0.3, -0.25) is 4.79 Å². The van der Waals surface area contributed by atoms with Crippen LogP contribution in [0, 0.1) is 6.92 Å². The lowest BCUT2D eigenvalue weighted by Gasteiger charge is -2.35. The van der Waals surface area contributed by atoms with E-state index in [9.17, 15) is 4.79 Å². The molecule has 0 spiro atoms. The summed E-state index contributed by atoms with van der Waals surface area (Å²) >= 11 is 0. The van der Waals surface area contributed by atoms with Crippen molar-refractivity contribution in [2.45, 2.75) is 45.1 Å². The van der Waals surface area contributed by atoms with Gasteiger partial charge in [0.25, 0.3) is 0 Å². The highest BCUT2D eigenvalue weighted by atomic mass is 35.5. The zero-order chi connectivity index (χ0) is 13.7. The molecule has 1 unspecified atom stereocenters. The Morgan fingerprint density at radius 3 is 2.90 bits per heavy atom. The maximum absolute atomic E-state index is 12.3. The van der Waals surface area contributed by atoms with Gasteiger partial charge in [0.05, 0.1) is 0 Å². The van der Waals surface area contributed by atoms with E-state index in [2.05, 4.69) is 31.2 Å². The third kappa shape index (κ3) is 4.50. The van der Waals surface area contributed by atoms with Crippen LogP contribution in [0.3, 0.4) is 0 Å². The summed E-state index contributed by atoms with van der Waals surface area (Å²) in [5.41, 5.74) is 8.26. The Morgan fingerprint density at radius 1 is 1.40 bits per heavy atom. The first-order valence-electron chi connectivity index (χ1n) is 7.26. The standard InChI is InChI=1S/C16H24N2O.ClH/c1-13-5-4-6-14(11-13)8-9-16(19)18-10-3-2-7-15(18)12-17;/h4-6,11,15H,2-3,7-10,12,17H2,1H3;1H. The van der Waals surface area contributed by atoms with Gasteiger partial charge in [-0.25, -0.2) is 0 Å². The number of piperidine rings is 1. The van der Waals surface area contributed by atoms with Gasteiger partial charge in [0, 0.05) is 25.6 Å². The van der Waals surface area contributed by atoms with Gasteiger partial charge in [0.2, 0.25) is 5.91 Å². The lowest BCUT2D eigenvalue weighted by Crippen LogP contribution is -2.47. The summed E-state index contributed by atoms with van der Waals surface area (Å²) in [4.78, 5) is 14.3. The minimum atomic E-state index is 0. The number of hydrogen-bond acceptors (Lipinski definition) is 2. The van der Waals surface area contributed by atoms with Crippen LogP contribution in [0.1, 0.15) is 36.8 Å². The highest BCUT2D eigenvalue weighted by Gasteiger charge is 2.24. The number of likely N-dealkylation sites (tertiary alicyclic amines) is 1. The van der Waals surface area contributed by atoms with Crippen LogP contribution in [0.5, 0.6) is 0 Å². The lowest BCUT2D eigenvalue weighted by atomic mass is 10.0. The Kier molecular flexibility index (Phi) is 7.03. The SMILES string of the molecule is Cc1cccc(CCC(=O)N2CCCCC2CN)c1.Cl. The average molecular weight is 297 g/mol. The summed E-state index contributed by atoms with van der Waals surface area (Å²) in [5.74, 6) is 0.261. The second-order valence-corrected chi connectivity index (χ2v) is 5.46. The minimum Gasteiger partial charge on any atom is -0.338 e. The number of halogens is 1. The van der Waals surface area contributed by atoms with Gasteiger partial charge in [-0.2, -0.15) is 0 Å². The van der Waals surface area contributed by atoms with Gasteiger partial charge in [0.15, 0.2) is 0 Å². The van der Waals surface area contributed by atoms with Crippen LogP contribution in [0.4, 0.5) is 0 Å². The van der Waals surface area contributed by atoms with Crippen molar-refractivity contribution in [2.75, 3.05) is 13.1 Å². The molecule has 1 atom stereocenters. The van der Waals surface area contributed by atoms with Crippen molar-refractivity contribution in [3.63, 3.8) is 0 Å². The molecule has 4 heteroatoms. The summed E-state index contributed by atoms with van der Waals surface area (Å²) < 4.78 is 0. The van der Waals surface area contributed by atoms with Crippen LogP contribution in [0.25, 0.3) is 0 Å². The van der Waals surface area contributed by atoms with Gasteiger partial charge in [-0.15, -0.1) is 12.4 Å². The van der Waals surface area contributed by atoms with E-state index in [-0.39, 0.29) is 24.4 Å². The monoisotopic (exact) mass is 296 g/mol. The van der Waals surface area contributed by atoms with E-state index in [0.717, 1.165) is 25.8 Å². The Balaban J connectivity index is 0.00000200. The molecule has 1 aromatic carbocycles. The van der Waals surface area contributed by atoms with Gasteiger partial charge in [0.1, 0.15) is 0 Å². The summed E-state index contributed by atoms with van der Waals surface area (Å²) in [6.07, 6.45) is 4.80. The van der Waals surface area contributed by atoms with Crippen LogP contribution in [-0.4, -0.2) is 29.9 Å². The minimum absolute atomic E-state index is 0. The number of nitrogens with zero attached hydrogens (tertiary/aromatic N) is 1. The smallest absolute Gasteiger partial charge is 0.223 e. The molecular formula is C16H25ClN2O. The van der Waals surface area contributed by atoms with Crippen molar-refractivity contribution >= 4 is 18.3 Å². The maximum Gasteiger partial charge on any atom is 0.223 e. The van der Waals surface area contributed by atoms with Gasteiger partial charge < -0.3 is 10.6 Å². The predicted molar refractivity (Wildman–Crippen MR) is 85.2 cm³/mol.